The van der Waals surface area contributed by atoms with Crippen LogP contribution in [0.2, 0.25) is 0 Å². The van der Waals surface area contributed by atoms with Gasteiger partial charge in [0.15, 0.2) is 0 Å². The second-order valence-electron chi connectivity index (χ2n) is 6.89. The second-order valence-corrected chi connectivity index (χ2v) is 6.89. The molecule has 2 aliphatic rings. The van der Waals surface area contributed by atoms with Gasteiger partial charge in [-0.2, -0.15) is 0 Å². The number of benzene rings is 1. The molecule has 2 N–H and O–H groups in total. The van der Waals surface area contributed by atoms with E-state index in [4.69, 9.17) is 4.74 Å². The van der Waals surface area contributed by atoms with Gasteiger partial charge in [-0.3, -0.25) is 9.78 Å². The Morgan fingerprint density at radius 1 is 1.07 bits per heavy atom. The number of carbonyl (C=O) groups is 1. The summed E-state index contributed by atoms with van der Waals surface area (Å²) in [5, 5.41) is 6.56. The number of ether oxygens (including phenoxy) is 1. The van der Waals surface area contributed by atoms with Gasteiger partial charge in [0.2, 0.25) is 5.91 Å². The van der Waals surface area contributed by atoms with Crippen LogP contribution in [0.25, 0.3) is 0 Å². The standard InChI is InChI=1S/C20H23N3O2.2ClH/c24-20(19-13-22-12-18(19)14-5-2-1-3-6-14)23-15-9-17(10-15)25-16-7-4-8-21-11-16;;/h1-8,11,15,17-19,22H,9-10,12-13H2,(H,23,24);2*1H/t15?,17?,18-,19+;;/m0../s1. The molecule has 5 nitrogen and oxygen atoms in total. The zero-order chi connectivity index (χ0) is 17.1. The van der Waals surface area contributed by atoms with Gasteiger partial charge in [-0.15, -0.1) is 24.8 Å². The maximum atomic E-state index is 12.7. The topological polar surface area (TPSA) is 63.2 Å². The lowest BCUT2D eigenvalue weighted by Gasteiger charge is -2.36. The molecule has 2 aromatic rings. The van der Waals surface area contributed by atoms with E-state index in [0.29, 0.717) is 0 Å². The van der Waals surface area contributed by atoms with Crippen LogP contribution in [0, 0.1) is 5.92 Å². The van der Waals surface area contributed by atoms with Gasteiger partial charge in [-0.25, -0.2) is 0 Å². The molecule has 1 aromatic heterocycles. The summed E-state index contributed by atoms with van der Waals surface area (Å²) < 4.78 is 5.85. The van der Waals surface area contributed by atoms with Gasteiger partial charge in [0.05, 0.1) is 12.1 Å². The molecule has 146 valence electrons. The summed E-state index contributed by atoms with van der Waals surface area (Å²) in [6, 6.07) is 14.3. The van der Waals surface area contributed by atoms with E-state index in [0.717, 1.165) is 31.7 Å². The van der Waals surface area contributed by atoms with Crippen molar-refractivity contribution in [2.45, 2.75) is 30.9 Å². The van der Waals surface area contributed by atoms with Gasteiger partial charge in [0.25, 0.3) is 0 Å². The summed E-state index contributed by atoms with van der Waals surface area (Å²) in [6.45, 7) is 1.60. The molecule has 27 heavy (non-hydrogen) atoms. The number of halogens is 2. The van der Waals surface area contributed by atoms with E-state index in [9.17, 15) is 4.79 Å². The molecule has 1 amide bonds. The maximum absolute atomic E-state index is 12.7. The van der Waals surface area contributed by atoms with Crippen LogP contribution in [-0.2, 0) is 4.79 Å². The number of nitrogens with one attached hydrogen (secondary N) is 2. The highest BCUT2D eigenvalue weighted by molar-refractivity contribution is 5.85. The van der Waals surface area contributed by atoms with Crippen LogP contribution in [0.3, 0.4) is 0 Å². The van der Waals surface area contributed by atoms with Crippen molar-refractivity contribution >= 4 is 30.7 Å². The minimum atomic E-state index is 0. The average Bonchev–Trinajstić information content (AvgIpc) is 3.11. The van der Waals surface area contributed by atoms with Crippen LogP contribution < -0.4 is 15.4 Å². The summed E-state index contributed by atoms with van der Waals surface area (Å²) in [6.07, 6.45) is 5.34. The van der Waals surface area contributed by atoms with E-state index in [1.807, 2.05) is 30.3 Å². The third kappa shape index (κ3) is 5.12. The lowest BCUT2D eigenvalue weighted by atomic mass is 9.85. The highest BCUT2D eigenvalue weighted by Crippen LogP contribution is 2.30. The Kier molecular flexibility index (Phi) is 7.90. The Labute approximate surface area is 172 Å². The van der Waals surface area contributed by atoms with Crippen molar-refractivity contribution in [3.8, 4) is 5.75 Å². The molecule has 1 aliphatic carbocycles. The lowest BCUT2D eigenvalue weighted by Crippen LogP contribution is -2.51. The van der Waals surface area contributed by atoms with Crippen molar-refractivity contribution in [2.24, 2.45) is 5.92 Å². The predicted octanol–water partition coefficient (Wildman–Crippen LogP) is 2.95. The van der Waals surface area contributed by atoms with Gasteiger partial charge in [0.1, 0.15) is 11.9 Å². The van der Waals surface area contributed by atoms with Crippen LogP contribution in [-0.4, -0.2) is 36.1 Å². The number of hydrogen-bond acceptors (Lipinski definition) is 4. The average molecular weight is 410 g/mol. The molecule has 0 unspecified atom stereocenters. The van der Waals surface area contributed by atoms with E-state index < -0.39 is 0 Å². The quantitative estimate of drug-likeness (QED) is 0.796. The fourth-order valence-electron chi connectivity index (χ4n) is 3.70. The molecular weight excluding hydrogens is 385 g/mol. The number of amides is 1. The molecule has 7 heteroatoms. The molecule has 1 saturated carbocycles. The molecule has 1 aromatic carbocycles. The third-order valence-corrected chi connectivity index (χ3v) is 5.16. The molecule has 0 radical (unpaired) electrons. The number of rotatable bonds is 5. The highest BCUT2D eigenvalue weighted by Gasteiger charge is 2.38. The van der Waals surface area contributed by atoms with Crippen LogP contribution in [0.1, 0.15) is 24.3 Å². The first kappa shape index (κ1) is 21.5. The van der Waals surface area contributed by atoms with E-state index in [-0.39, 0.29) is 54.7 Å². The van der Waals surface area contributed by atoms with Crippen LogP contribution >= 0.6 is 24.8 Å². The first-order valence-corrected chi connectivity index (χ1v) is 8.92. The third-order valence-electron chi connectivity index (χ3n) is 5.16. The van der Waals surface area contributed by atoms with Gasteiger partial charge < -0.3 is 15.4 Å². The largest absolute Gasteiger partial charge is 0.489 e. The maximum Gasteiger partial charge on any atom is 0.225 e. The highest BCUT2D eigenvalue weighted by atomic mass is 35.5. The molecule has 4 rings (SSSR count). The van der Waals surface area contributed by atoms with Crippen molar-refractivity contribution in [1.82, 2.24) is 15.6 Å². The summed E-state index contributed by atoms with van der Waals surface area (Å²) in [5.74, 6) is 1.20. The van der Waals surface area contributed by atoms with E-state index in [1.54, 1.807) is 12.4 Å². The minimum Gasteiger partial charge on any atom is -0.489 e. The molecule has 0 bridgehead atoms. The van der Waals surface area contributed by atoms with Crippen molar-refractivity contribution in [1.29, 1.82) is 0 Å². The number of hydrogen-bond donors (Lipinski definition) is 2. The molecule has 0 spiro atoms. The monoisotopic (exact) mass is 409 g/mol. The Morgan fingerprint density at radius 2 is 1.85 bits per heavy atom. The normalized spacial score (nSPS) is 26.1. The molecule has 2 atom stereocenters. The van der Waals surface area contributed by atoms with Gasteiger partial charge in [0, 0.05) is 44.1 Å². The Bertz CT molecular complexity index is 712. The van der Waals surface area contributed by atoms with Crippen molar-refractivity contribution in [2.75, 3.05) is 13.1 Å². The fraction of sp³-hybridized carbons (Fsp3) is 0.400. The molecular formula is C20H25Cl2N3O2. The molecule has 2 heterocycles. The fourth-order valence-corrected chi connectivity index (χ4v) is 3.70. The lowest BCUT2D eigenvalue weighted by molar-refractivity contribution is -0.126. The van der Waals surface area contributed by atoms with E-state index >= 15 is 0 Å². The van der Waals surface area contributed by atoms with Crippen molar-refractivity contribution in [3.63, 3.8) is 0 Å². The number of carbonyl (C=O) groups excluding carboxylic acids is 1. The van der Waals surface area contributed by atoms with E-state index in [1.165, 1.54) is 5.56 Å². The van der Waals surface area contributed by atoms with E-state index in [2.05, 4.69) is 27.8 Å². The first-order valence-electron chi connectivity index (χ1n) is 8.92. The summed E-state index contributed by atoms with van der Waals surface area (Å²) >= 11 is 0. The van der Waals surface area contributed by atoms with Crippen molar-refractivity contribution in [3.05, 3.63) is 60.4 Å². The van der Waals surface area contributed by atoms with Crippen molar-refractivity contribution < 1.29 is 9.53 Å². The Hall–Kier alpha value is -1.82. The van der Waals surface area contributed by atoms with Crippen LogP contribution in [0.15, 0.2) is 54.9 Å². The second kappa shape index (κ2) is 9.93. The first-order chi connectivity index (χ1) is 12.3. The van der Waals surface area contributed by atoms with Crippen LogP contribution in [0.5, 0.6) is 5.75 Å². The number of aromatic nitrogens is 1. The Balaban J connectivity index is 0.00000131. The van der Waals surface area contributed by atoms with Crippen LogP contribution in [0.4, 0.5) is 0 Å². The summed E-state index contributed by atoms with van der Waals surface area (Å²) in [5.41, 5.74) is 1.24. The zero-order valence-electron chi connectivity index (χ0n) is 14.9. The minimum absolute atomic E-state index is 0. The SMILES string of the molecule is Cl.Cl.O=C(NC1CC(Oc2cccnc2)C1)[C@@H]1CNC[C@H]1c1ccccc1. The van der Waals surface area contributed by atoms with Gasteiger partial charge in [-0.1, -0.05) is 30.3 Å². The molecule has 1 saturated heterocycles. The summed E-state index contributed by atoms with van der Waals surface area (Å²) in [4.78, 5) is 16.7. The number of nitrogens with zero attached hydrogens (tertiary/aromatic N) is 1. The zero-order valence-corrected chi connectivity index (χ0v) is 16.5. The predicted molar refractivity (Wildman–Crippen MR) is 110 cm³/mol. The molecule has 1 aliphatic heterocycles. The Morgan fingerprint density at radius 3 is 2.56 bits per heavy atom. The molecule has 2 fully saturated rings. The smallest absolute Gasteiger partial charge is 0.225 e. The van der Waals surface area contributed by atoms with Gasteiger partial charge in [-0.05, 0) is 17.7 Å². The summed E-state index contributed by atoms with van der Waals surface area (Å²) in [7, 11) is 0. The van der Waals surface area contributed by atoms with Gasteiger partial charge >= 0.3 is 0 Å². The number of pyridine rings is 1.